The molecule has 2 aliphatic heterocycles. The quantitative estimate of drug-likeness (QED) is 0.821. The molecule has 2 atom stereocenters. The Kier molecular flexibility index (Phi) is 4.40. The highest BCUT2D eigenvalue weighted by Gasteiger charge is 2.50. The highest BCUT2D eigenvalue weighted by atomic mass is 35.5. The summed E-state index contributed by atoms with van der Waals surface area (Å²) in [5.41, 5.74) is 1.91. The van der Waals surface area contributed by atoms with Gasteiger partial charge in [0, 0.05) is 22.8 Å². The first kappa shape index (κ1) is 16.4. The highest BCUT2D eigenvalue weighted by molar-refractivity contribution is 6.30. The normalized spacial score (nSPS) is 23.1. The molecule has 2 heterocycles. The van der Waals surface area contributed by atoms with E-state index in [-0.39, 0.29) is 18.1 Å². The number of hydrogen-bond acceptors (Lipinski definition) is 3. The van der Waals surface area contributed by atoms with Gasteiger partial charge in [-0.3, -0.25) is 14.6 Å². The average Bonchev–Trinajstić information content (AvgIpc) is 3.19. The zero-order valence-corrected chi connectivity index (χ0v) is 14.9. The molecule has 0 aliphatic carbocycles. The van der Waals surface area contributed by atoms with E-state index in [1.807, 2.05) is 54.3 Å². The van der Waals surface area contributed by atoms with Crippen molar-refractivity contribution in [3.05, 3.63) is 59.1 Å². The third-order valence-corrected chi connectivity index (χ3v) is 5.23. The molecule has 0 spiro atoms. The zero-order valence-electron chi connectivity index (χ0n) is 14.2. The molecule has 2 aromatic carbocycles. The molecule has 0 radical (unpaired) electrons. The van der Waals surface area contributed by atoms with Gasteiger partial charge >= 0.3 is 0 Å². The Morgan fingerprint density at radius 1 is 1.16 bits per heavy atom. The summed E-state index contributed by atoms with van der Waals surface area (Å²) in [4.78, 5) is 17.3. The summed E-state index contributed by atoms with van der Waals surface area (Å²) in [6.45, 7) is 3.50. The van der Waals surface area contributed by atoms with Crippen LogP contribution in [0.1, 0.15) is 31.5 Å². The number of rotatable bonds is 4. The fourth-order valence-electron chi connectivity index (χ4n) is 3.94. The fourth-order valence-corrected chi connectivity index (χ4v) is 4.07. The van der Waals surface area contributed by atoms with E-state index < -0.39 is 0 Å². The van der Waals surface area contributed by atoms with Crippen molar-refractivity contribution in [1.82, 2.24) is 4.90 Å². The first-order valence-electron chi connectivity index (χ1n) is 8.77. The molecular weight excluding hydrogens is 336 g/mol. The van der Waals surface area contributed by atoms with Crippen LogP contribution in [0.25, 0.3) is 0 Å². The van der Waals surface area contributed by atoms with Gasteiger partial charge in [-0.1, -0.05) is 29.8 Å². The van der Waals surface area contributed by atoms with E-state index in [0.29, 0.717) is 11.6 Å². The molecule has 2 saturated heterocycles. The number of ether oxygens (including phenoxy) is 1. The van der Waals surface area contributed by atoms with Gasteiger partial charge in [0.15, 0.2) is 0 Å². The largest absolute Gasteiger partial charge is 0.493 e. The predicted molar refractivity (Wildman–Crippen MR) is 99.0 cm³/mol. The molecule has 2 aliphatic rings. The number of para-hydroxylation sites is 1. The Bertz CT molecular complexity index is 778. The van der Waals surface area contributed by atoms with Crippen LogP contribution in [-0.2, 0) is 4.79 Å². The van der Waals surface area contributed by atoms with Gasteiger partial charge in [-0.2, -0.15) is 0 Å². The summed E-state index contributed by atoms with van der Waals surface area (Å²) in [5, 5.41) is 0.669. The van der Waals surface area contributed by atoms with E-state index in [1.54, 1.807) is 0 Å². The molecule has 1 amide bonds. The molecule has 0 unspecified atom stereocenters. The number of benzene rings is 2. The van der Waals surface area contributed by atoms with E-state index in [9.17, 15) is 4.79 Å². The van der Waals surface area contributed by atoms with Crippen molar-refractivity contribution in [2.45, 2.75) is 32.0 Å². The van der Waals surface area contributed by atoms with Gasteiger partial charge < -0.3 is 4.74 Å². The molecule has 4 rings (SSSR count). The second kappa shape index (κ2) is 6.70. The highest BCUT2D eigenvalue weighted by Crippen LogP contribution is 2.44. The number of halogens is 1. The molecule has 0 bridgehead atoms. The number of hydrogen-bond donors (Lipinski definition) is 0. The van der Waals surface area contributed by atoms with Crippen LogP contribution >= 0.6 is 11.6 Å². The molecule has 0 aromatic heterocycles. The topological polar surface area (TPSA) is 32.8 Å². The van der Waals surface area contributed by atoms with Gasteiger partial charge in [-0.05, 0) is 50.1 Å². The second-order valence-electron chi connectivity index (χ2n) is 6.43. The van der Waals surface area contributed by atoms with Gasteiger partial charge in [0.2, 0.25) is 5.91 Å². The minimum Gasteiger partial charge on any atom is -0.493 e. The first-order valence-corrected chi connectivity index (χ1v) is 9.14. The van der Waals surface area contributed by atoms with Crippen LogP contribution in [0.3, 0.4) is 0 Å². The third-order valence-electron chi connectivity index (χ3n) is 4.98. The first-order chi connectivity index (χ1) is 12.2. The van der Waals surface area contributed by atoms with Crippen LogP contribution < -0.4 is 9.64 Å². The van der Waals surface area contributed by atoms with Crippen LogP contribution in [0.15, 0.2) is 48.5 Å². The van der Waals surface area contributed by atoms with Crippen LogP contribution in [0.4, 0.5) is 5.69 Å². The zero-order chi connectivity index (χ0) is 17.4. The van der Waals surface area contributed by atoms with E-state index in [4.69, 9.17) is 16.3 Å². The number of fused-ring (bicyclic) bond motifs is 1. The van der Waals surface area contributed by atoms with E-state index >= 15 is 0 Å². The maximum absolute atomic E-state index is 13.1. The fraction of sp³-hybridized carbons (Fsp3) is 0.350. The lowest BCUT2D eigenvalue weighted by Crippen LogP contribution is -2.32. The van der Waals surface area contributed by atoms with Gasteiger partial charge in [-0.15, -0.1) is 0 Å². The summed E-state index contributed by atoms with van der Waals surface area (Å²) in [7, 11) is 0. The number of carbonyl (C=O) groups is 1. The smallest absolute Gasteiger partial charge is 0.246 e. The summed E-state index contributed by atoms with van der Waals surface area (Å²) in [6.07, 6.45) is 1.83. The molecule has 4 nitrogen and oxygen atoms in total. The van der Waals surface area contributed by atoms with Crippen LogP contribution in [-0.4, -0.2) is 30.0 Å². The summed E-state index contributed by atoms with van der Waals surface area (Å²) < 4.78 is 5.85. The van der Waals surface area contributed by atoms with Crippen molar-refractivity contribution in [2.24, 2.45) is 0 Å². The van der Waals surface area contributed by atoms with Gasteiger partial charge in [0.05, 0.1) is 12.6 Å². The minimum absolute atomic E-state index is 0.0460. The number of anilines is 1. The standard InChI is InChI=1S/C20H21ClN2O2/c1-2-25-18-8-4-3-6-16(18)19-22-13-5-7-17(22)20(24)23(19)15-11-9-14(21)10-12-15/h3-4,6,8-12,17,19H,2,5,7,13H2,1H3/t17-,19+/m0/s1. The van der Waals surface area contributed by atoms with Crippen molar-refractivity contribution in [3.63, 3.8) is 0 Å². The summed E-state index contributed by atoms with van der Waals surface area (Å²) in [6, 6.07) is 15.5. The molecule has 2 fully saturated rings. The lowest BCUT2D eigenvalue weighted by atomic mass is 10.1. The maximum Gasteiger partial charge on any atom is 0.246 e. The number of amides is 1. The van der Waals surface area contributed by atoms with Gasteiger partial charge in [0.25, 0.3) is 0 Å². The molecule has 0 N–H and O–H groups in total. The summed E-state index contributed by atoms with van der Waals surface area (Å²) in [5.74, 6) is 1.01. The number of carbonyl (C=O) groups excluding carboxylic acids is 1. The van der Waals surface area contributed by atoms with E-state index in [1.165, 1.54) is 0 Å². The Balaban J connectivity index is 1.81. The third kappa shape index (κ3) is 2.79. The van der Waals surface area contributed by atoms with Crippen molar-refractivity contribution >= 4 is 23.2 Å². The van der Waals surface area contributed by atoms with Crippen LogP contribution in [0, 0.1) is 0 Å². The molecule has 5 heteroatoms. The van der Waals surface area contributed by atoms with Crippen molar-refractivity contribution in [3.8, 4) is 5.75 Å². The average molecular weight is 357 g/mol. The Labute approximate surface area is 152 Å². The Morgan fingerprint density at radius 3 is 2.68 bits per heavy atom. The van der Waals surface area contributed by atoms with Crippen LogP contribution in [0.5, 0.6) is 5.75 Å². The maximum atomic E-state index is 13.1. The monoisotopic (exact) mass is 356 g/mol. The molecule has 25 heavy (non-hydrogen) atoms. The predicted octanol–water partition coefficient (Wildman–Crippen LogP) is 4.25. The Hall–Kier alpha value is -2.04. The lowest BCUT2D eigenvalue weighted by Gasteiger charge is -2.31. The SMILES string of the molecule is CCOc1ccccc1[C@H]1N(c2ccc(Cl)cc2)C(=O)[C@@H]2CCCN21. The molecule has 130 valence electrons. The van der Waals surface area contributed by atoms with Gasteiger partial charge in [-0.25, -0.2) is 0 Å². The van der Waals surface area contributed by atoms with Crippen molar-refractivity contribution < 1.29 is 9.53 Å². The molecular formula is C20H21ClN2O2. The summed E-state index contributed by atoms with van der Waals surface area (Å²) >= 11 is 6.04. The Morgan fingerprint density at radius 2 is 1.92 bits per heavy atom. The van der Waals surface area contributed by atoms with Crippen LogP contribution in [0.2, 0.25) is 5.02 Å². The van der Waals surface area contributed by atoms with Crippen molar-refractivity contribution in [1.29, 1.82) is 0 Å². The molecule has 0 saturated carbocycles. The van der Waals surface area contributed by atoms with E-state index in [0.717, 1.165) is 36.4 Å². The van der Waals surface area contributed by atoms with E-state index in [2.05, 4.69) is 11.0 Å². The number of nitrogens with zero attached hydrogens (tertiary/aromatic N) is 2. The van der Waals surface area contributed by atoms with Gasteiger partial charge in [0.1, 0.15) is 11.9 Å². The molecule has 2 aromatic rings. The minimum atomic E-state index is -0.135. The van der Waals surface area contributed by atoms with Crippen molar-refractivity contribution in [2.75, 3.05) is 18.1 Å². The second-order valence-corrected chi connectivity index (χ2v) is 6.86. The lowest BCUT2D eigenvalue weighted by molar-refractivity contribution is -0.119.